The number of fused-ring (bicyclic) bond motifs is 1. The number of benzene rings is 1. The third kappa shape index (κ3) is 2.92. The lowest BCUT2D eigenvalue weighted by Crippen LogP contribution is -2.25. The molecule has 1 atom stereocenters. The lowest BCUT2D eigenvalue weighted by atomic mass is 10.1. The number of ether oxygens (including phenoxy) is 2. The van der Waals surface area contributed by atoms with E-state index < -0.39 is 26.3 Å². The highest BCUT2D eigenvalue weighted by Gasteiger charge is 2.49. The van der Waals surface area contributed by atoms with Crippen molar-refractivity contribution in [2.24, 2.45) is 0 Å². The monoisotopic (exact) mass is 340 g/mol. The van der Waals surface area contributed by atoms with Gasteiger partial charge in [0.15, 0.2) is 0 Å². The van der Waals surface area contributed by atoms with Gasteiger partial charge in [0.1, 0.15) is 12.4 Å². The normalized spacial score (nSPS) is 18.3. The van der Waals surface area contributed by atoms with Crippen LogP contribution >= 0.6 is 0 Å². The molecule has 22 heavy (non-hydrogen) atoms. The Balaban J connectivity index is 2.50. The predicted octanol–water partition coefficient (Wildman–Crippen LogP) is 1.98. The minimum Gasteiger partial charge on any atom is -0.491 e. The van der Waals surface area contributed by atoms with E-state index in [1.165, 1.54) is 13.2 Å². The number of halogens is 3. The molecular formula is C13H15F3O5S. The first-order chi connectivity index (χ1) is 10.2. The Morgan fingerprint density at radius 2 is 2.00 bits per heavy atom. The zero-order chi connectivity index (χ0) is 16.5. The van der Waals surface area contributed by atoms with Crippen LogP contribution in [-0.2, 0) is 21.0 Å². The second-order valence-corrected chi connectivity index (χ2v) is 6.71. The van der Waals surface area contributed by atoms with E-state index in [0.29, 0.717) is 5.56 Å². The zero-order valence-corrected chi connectivity index (χ0v) is 12.5. The molecule has 1 aliphatic carbocycles. The molecule has 0 fully saturated rings. The van der Waals surface area contributed by atoms with Crippen molar-refractivity contribution in [1.82, 2.24) is 0 Å². The van der Waals surface area contributed by atoms with Gasteiger partial charge in [0, 0.05) is 18.2 Å². The van der Waals surface area contributed by atoms with Gasteiger partial charge in [-0.25, -0.2) is 8.42 Å². The molecule has 5 nitrogen and oxygen atoms in total. The highest BCUT2D eigenvalue weighted by atomic mass is 32.2. The maximum absolute atomic E-state index is 12.7. The molecule has 0 saturated heterocycles. The number of hydrogen-bond acceptors (Lipinski definition) is 5. The molecular weight excluding hydrogens is 325 g/mol. The smallest absolute Gasteiger partial charge is 0.491 e. The molecule has 1 unspecified atom stereocenters. The molecule has 0 radical (unpaired) electrons. The Morgan fingerprint density at radius 1 is 1.32 bits per heavy atom. The van der Waals surface area contributed by atoms with E-state index in [-0.39, 0.29) is 37.4 Å². The molecule has 1 N–H and O–H groups in total. The van der Waals surface area contributed by atoms with Gasteiger partial charge in [0.2, 0.25) is 0 Å². The maximum Gasteiger partial charge on any atom is 0.501 e. The minimum absolute atomic E-state index is 0.153. The van der Waals surface area contributed by atoms with Crippen molar-refractivity contribution in [3.8, 4) is 5.75 Å². The summed E-state index contributed by atoms with van der Waals surface area (Å²) in [6.45, 7) is 0.449. The number of aliphatic hydroxyl groups excluding tert-OH is 1. The van der Waals surface area contributed by atoms with Crippen LogP contribution in [-0.4, -0.2) is 39.4 Å². The number of alkyl halides is 3. The van der Waals surface area contributed by atoms with E-state index in [0.717, 1.165) is 6.07 Å². The largest absolute Gasteiger partial charge is 0.501 e. The fourth-order valence-electron chi connectivity index (χ4n) is 2.40. The lowest BCUT2D eigenvalue weighted by molar-refractivity contribution is -0.0437. The van der Waals surface area contributed by atoms with Crippen molar-refractivity contribution in [3.63, 3.8) is 0 Å². The average Bonchev–Trinajstić information content (AvgIpc) is 2.80. The van der Waals surface area contributed by atoms with Crippen molar-refractivity contribution in [1.29, 1.82) is 0 Å². The molecule has 2 rings (SSSR count). The molecule has 0 bridgehead atoms. The maximum atomic E-state index is 12.7. The lowest BCUT2D eigenvalue weighted by Gasteiger charge is -2.17. The fraction of sp³-hybridized carbons (Fsp3) is 0.538. The summed E-state index contributed by atoms with van der Waals surface area (Å²) < 4.78 is 71.7. The van der Waals surface area contributed by atoms with Crippen LogP contribution in [0.5, 0.6) is 5.75 Å². The summed E-state index contributed by atoms with van der Waals surface area (Å²) in [4.78, 5) is -0.904. The van der Waals surface area contributed by atoms with Crippen LogP contribution in [0.3, 0.4) is 0 Å². The van der Waals surface area contributed by atoms with E-state index in [9.17, 15) is 26.7 Å². The van der Waals surface area contributed by atoms with E-state index >= 15 is 0 Å². The molecule has 1 aromatic rings. The molecule has 0 spiro atoms. The van der Waals surface area contributed by atoms with Gasteiger partial charge < -0.3 is 14.6 Å². The standard InChI is InChI=1S/C13H15F3O5S/c1-20-6-7-21-10-4-5-11(22(18,19)13(14,15)16)12-8(10)2-3-9(12)17/h4-5,9,17H,2-3,6-7H2,1H3. The van der Waals surface area contributed by atoms with Gasteiger partial charge in [0.05, 0.1) is 17.6 Å². The molecule has 1 aliphatic rings. The number of methoxy groups -OCH3 is 1. The van der Waals surface area contributed by atoms with E-state index in [4.69, 9.17) is 9.47 Å². The van der Waals surface area contributed by atoms with E-state index in [1.807, 2.05) is 0 Å². The molecule has 0 heterocycles. The molecule has 0 saturated carbocycles. The number of rotatable bonds is 5. The van der Waals surface area contributed by atoms with Crippen LogP contribution in [0.15, 0.2) is 17.0 Å². The van der Waals surface area contributed by atoms with Crippen molar-refractivity contribution in [3.05, 3.63) is 23.3 Å². The van der Waals surface area contributed by atoms with Gasteiger partial charge in [-0.1, -0.05) is 0 Å². The number of hydrogen-bond donors (Lipinski definition) is 1. The summed E-state index contributed by atoms with van der Waals surface area (Å²) in [5.41, 5.74) is -5.33. The average molecular weight is 340 g/mol. The molecule has 0 aromatic heterocycles. The first-order valence-electron chi connectivity index (χ1n) is 6.47. The van der Waals surface area contributed by atoms with Crippen LogP contribution < -0.4 is 4.74 Å². The third-order valence-corrected chi connectivity index (χ3v) is 4.96. The first kappa shape index (κ1) is 17.0. The van der Waals surface area contributed by atoms with Gasteiger partial charge in [-0.3, -0.25) is 0 Å². The second kappa shape index (κ2) is 6.05. The van der Waals surface area contributed by atoms with Gasteiger partial charge >= 0.3 is 5.51 Å². The van der Waals surface area contributed by atoms with Crippen LogP contribution in [0.4, 0.5) is 13.2 Å². The highest BCUT2D eigenvalue weighted by Crippen LogP contribution is 2.44. The van der Waals surface area contributed by atoms with Gasteiger partial charge in [-0.15, -0.1) is 0 Å². The van der Waals surface area contributed by atoms with Crippen molar-refractivity contribution in [2.75, 3.05) is 20.3 Å². The second-order valence-electron chi connectivity index (χ2n) is 4.80. The fourth-order valence-corrected chi connectivity index (χ4v) is 3.45. The molecule has 0 aliphatic heterocycles. The van der Waals surface area contributed by atoms with Crippen molar-refractivity contribution < 1.29 is 36.2 Å². The molecule has 0 amide bonds. The topological polar surface area (TPSA) is 72.8 Å². The Hall–Kier alpha value is -1.32. The zero-order valence-electron chi connectivity index (χ0n) is 11.7. The quantitative estimate of drug-likeness (QED) is 0.830. The van der Waals surface area contributed by atoms with Crippen molar-refractivity contribution in [2.45, 2.75) is 29.3 Å². The Kier molecular flexibility index (Phi) is 4.69. The molecule has 9 heteroatoms. The summed E-state index contributed by atoms with van der Waals surface area (Å²) in [7, 11) is -4.05. The SMILES string of the molecule is COCCOc1ccc(S(=O)(=O)C(F)(F)F)c2c1CCC2O. The molecule has 1 aromatic carbocycles. The van der Waals surface area contributed by atoms with Crippen LogP contribution in [0.1, 0.15) is 23.7 Å². The number of sulfone groups is 1. The Bertz CT molecular complexity index is 654. The summed E-state index contributed by atoms with van der Waals surface area (Å²) in [5.74, 6) is 0.268. The summed E-state index contributed by atoms with van der Waals surface area (Å²) in [6.07, 6.45) is -0.853. The van der Waals surface area contributed by atoms with Gasteiger partial charge in [0.25, 0.3) is 9.84 Å². The van der Waals surface area contributed by atoms with Crippen molar-refractivity contribution >= 4 is 9.84 Å². The number of aliphatic hydroxyl groups is 1. The van der Waals surface area contributed by atoms with Gasteiger partial charge in [-0.2, -0.15) is 13.2 Å². The first-order valence-corrected chi connectivity index (χ1v) is 7.95. The Labute approximate surface area is 125 Å². The Morgan fingerprint density at radius 3 is 2.59 bits per heavy atom. The van der Waals surface area contributed by atoms with E-state index in [2.05, 4.69) is 0 Å². The van der Waals surface area contributed by atoms with E-state index in [1.54, 1.807) is 0 Å². The summed E-state index contributed by atoms with van der Waals surface area (Å²) in [5, 5.41) is 9.88. The highest BCUT2D eigenvalue weighted by molar-refractivity contribution is 7.92. The third-order valence-electron chi connectivity index (χ3n) is 3.41. The summed E-state index contributed by atoms with van der Waals surface area (Å²) in [6, 6.07) is 2.02. The predicted molar refractivity (Wildman–Crippen MR) is 70.3 cm³/mol. The molecule has 124 valence electrons. The van der Waals surface area contributed by atoms with Crippen LogP contribution in [0.2, 0.25) is 0 Å². The van der Waals surface area contributed by atoms with Crippen LogP contribution in [0.25, 0.3) is 0 Å². The minimum atomic E-state index is -5.52. The van der Waals surface area contributed by atoms with Crippen LogP contribution in [0, 0.1) is 0 Å². The summed E-state index contributed by atoms with van der Waals surface area (Å²) >= 11 is 0. The van der Waals surface area contributed by atoms with Gasteiger partial charge in [-0.05, 0) is 25.0 Å².